The average molecular weight is 213 g/mol. The molecule has 0 amide bonds. The normalized spacial score (nSPS) is 33.0. The molecule has 3 heteroatoms. The summed E-state index contributed by atoms with van der Waals surface area (Å²) in [6.07, 6.45) is 3.98. The summed E-state index contributed by atoms with van der Waals surface area (Å²) in [7, 11) is 2.23. The van der Waals surface area contributed by atoms with Crippen molar-refractivity contribution in [1.29, 1.82) is 0 Å². The minimum absolute atomic E-state index is 0.420. The maximum Gasteiger partial charge on any atom is 0.0319 e. The summed E-state index contributed by atoms with van der Waals surface area (Å²) in [6.45, 7) is 9.96. The monoisotopic (exact) mass is 213 g/mol. The first-order chi connectivity index (χ1) is 7.31. The molecule has 2 saturated heterocycles. The molecule has 0 aromatic rings. The number of rotatable bonds is 0. The first kappa shape index (κ1) is 12.9. The molecule has 1 atom stereocenters. The third-order valence-corrected chi connectivity index (χ3v) is 3.43. The SMILES string of the molecule is CC.CN1CCCC2(CC1)CNCCN2. The van der Waals surface area contributed by atoms with Crippen LogP contribution < -0.4 is 10.6 Å². The standard InChI is InChI=1S/C10H21N3.C2H6/c1-13-7-2-3-10(4-8-13)9-11-5-6-12-10;1-2/h11-12H,2-9H2,1H3;1-2H3. The first-order valence-electron chi connectivity index (χ1n) is 6.45. The highest BCUT2D eigenvalue weighted by Crippen LogP contribution is 2.22. The van der Waals surface area contributed by atoms with Crippen LogP contribution in [-0.2, 0) is 0 Å². The Bertz CT molecular complexity index is 164. The molecule has 0 aromatic heterocycles. The number of hydrogen-bond acceptors (Lipinski definition) is 3. The van der Waals surface area contributed by atoms with Gasteiger partial charge in [0.2, 0.25) is 0 Å². The van der Waals surface area contributed by atoms with E-state index in [0.29, 0.717) is 5.54 Å². The molecule has 0 aliphatic carbocycles. The number of likely N-dealkylation sites (tertiary alicyclic amines) is 1. The molecule has 1 unspecified atom stereocenters. The molecule has 90 valence electrons. The van der Waals surface area contributed by atoms with Crippen molar-refractivity contribution in [3.63, 3.8) is 0 Å². The van der Waals surface area contributed by atoms with E-state index in [0.717, 1.165) is 13.1 Å². The van der Waals surface area contributed by atoms with Crippen LogP contribution in [0.15, 0.2) is 0 Å². The summed E-state index contributed by atoms with van der Waals surface area (Å²) in [5.74, 6) is 0. The Balaban J connectivity index is 0.000000531. The van der Waals surface area contributed by atoms with Crippen molar-refractivity contribution in [2.45, 2.75) is 38.6 Å². The van der Waals surface area contributed by atoms with Crippen LogP contribution in [0.25, 0.3) is 0 Å². The van der Waals surface area contributed by atoms with Gasteiger partial charge in [0.1, 0.15) is 0 Å². The fourth-order valence-electron chi connectivity index (χ4n) is 2.49. The fourth-order valence-corrected chi connectivity index (χ4v) is 2.49. The topological polar surface area (TPSA) is 27.3 Å². The van der Waals surface area contributed by atoms with Gasteiger partial charge in [-0.25, -0.2) is 0 Å². The second-order valence-corrected chi connectivity index (χ2v) is 4.54. The highest BCUT2D eigenvalue weighted by Gasteiger charge is 2.32. The smallest absolute Gasteiger partial charge is 0.0319 e. The van der Waals surface area contributed by atoms with Crippen LogP contribution in [0.5, 0.6) is 0 Å². The summed E-state index contributed by atoms with van der Waals surface area (Å²) in [5, 5.41) is 7.21. The van der Waals surface area contributed by atoms with Crippen LogP contribution in [0.4, 0.5) is 0 Å². The Kier molecular flexibility index (Phi) is 5.58. The number of piperazine rings is 1. The highest BCUT2D eigenvalue weighted by atomic mass is 15.1. The maximum atomic E-state index is 3.71. The van der Waals surface area contributed by atoms with Gasteiger partial charge in [-0.1, -0.05) is 13.8 Å². The third-order valence-electron chi connectivity index (χ3n) is 3.43. The molecule has 3 nitrogen and oxygen atoms in total. The second kappa shape index (κ2) is 6.46. The molecule has 0 aromatic carbocycles. The number of nitrogens with zero attached hydrogens (tertiary/aromatic N) is 1. The van der Waals surface area contributed by atoms with E-state index in [1.165, 1.54) is 38.9 Å². The molecule has 15 heavy (non-hydrogen) atoms. The summed E-state index contributed by atoms with van der Waals surface area (Å²) in [4.78, 5) is 2.45. The quantitative estimate of drug-likeness (QED) is 0.630. The zero-order valence-corrected chi connectivity index (χ0v) is 10.6. The van der Waals surface area contributed by atoms with Gasteiger partial charge in [0.25, 0.3) is 0 Å². The van der Waals surface area contributed by atoms with Crippen LogP contribution >= 0.6 is 0 Å². The van der Waals surface area contributed by atoms with E-state index in [4.69, 9.17) is 0 Å². The zero-order chi connectivity index (χ0) is 11.1. The van der Waals surface area contributed by atoms with Crippen LogP contribution in [0, 0.1) is 0 Å². The predicted octanol–water partition coefficient (Wildman–Crippen LogP) is 1.06. The Hall–Kier alpha value is -0.120. The Labute approximate surface area is 94.6 Å². The van der Waals surface area contributed by atoms with Gasteiger partial charge in [0, 0.05) is 25.2 Å². The van der Waals surface area contributed by atoms with Crippen molar-refractivity contribution in [3.8, 4) is 0 Å². The van der Waals surface area contributed by atoms with Gasteiger partial charge in [-0.3, -0.25) is 0 Å². The van der Waals surface area contributed by atoms with Crippen molar-refractivity contribution >= 4 is 0 Å². The van der Waals surface area contributed by atoms with Crippen molar-refractivity contribution in [2.24, 2.45) is 0 Å². The lowest BCUT2D eigenvalue weighted by atomic mass is 9.89. The van der Waals surface area contributed by atoms with E-state index in [1.54, 1.807) is 0 Å². The van der Waals surface area contributed by atoms with Crippen LogP contribution in [0.1, 0.15) is 33.1 Å². The lowest BCUT2D eigenvalue weighted by Gasteiger charge is -2.38. The van der Waals surface area contributed by atoms with Crippen molar-refractivity contribution in [3.05, 3.63) is 0 Å². The second-order valence-electron chi connectivity index (χ2n) is 4.54. The molecule has 1 spiro atoms. The van der Waals surface area contributed by atoms with E-state index in [1.807, 2.05) is 13.8 Å². The minimum atomic E-state index is 0.420. The van der Waals surface area contributed by atoms with Crippen LogP contribution in [0.2, 0.25) is 0 Å². The van der Waals surface area contributed by atoms with Gasteiger partial charge in [-0.15, -0.1) is 0 Å². The van der Waals surface area contributed by atoms with E-state index < -0.39 is 0 Å². The van der Waals surface area contributed by atoms with Gasteiger partial charge in [-0.2, -0.15) is 0 Å². The van der Waals surface area contributed by atoms with Crippen molar-refractivity contribution in [1.82, 2.24) is 15.5 Å². The van der Waals surface area contributed by atoms with Gasteiger partial charge < -0.3 is 15.5 Å². The van der Waals surface area contributed by atoms with E-state index in [2.05, 4.69) is 22.6 Å². The van der Waals surface area contributed by atoms with Gasteiger partial charge in [0.15, 0.2) is 0 Å². The maximum absolute atomic E-state index is 3.71. The largest absolute Gasteiger partial charge is 0.314 e. The van der Waals surface area contributed by atoms with E-state index in [-0.39, 0.29) is 0 Å². The Morgan fingerprint density at radius 3 is 2.53 bits per heavy atom. The lowest BCUT2D eigenvalue weighted by molar-refractivity contribution is 0.238. The third kappa shape index (κ3) is 3.74. The number of nitrogens with one attached hydrogen (secondary N) is 2. The van der Waals surface area contributed by atoms with Crippen LogP contribution in [0.3, 0.4) is 0 Å². The molecule has 2 aliphatic rings. The molecule has 2 fully saturated rings. The zero-order valence-electron chi connectivity index (χ0n) is 10.6. The molecule has 2 N–H and O–H groups in total. The lowest BCUT2D eigenvalue weighted by Crippen LogP contribution is -2.59. The van der Waals surface area contributed by atoms with E-state index in [9.17, 15) is 0 Å². The average Bonchev–Trinajstić information content (AvgIpc) is 2.46. The molecule has 0 radical (unpaired) electrons. The number of hydrogen-bond donors (Lipinski definition) is 2. The van der Waals surface area contributed by atoms with Gasteiger partial charge in [-0.05, 0) is 39.4 Å². The molecule has 0 saturated carbocycles. The molecule has 0 bridgehead atoms. The minimum Gasteiger partial charge on any atom is -0.314 e. The molecule has 2 rings (SSSR count). The molecular weight excluding hydrogens is 186 g/mol. The molecule has 2 aliphatic heterocycles. The summed E-state index contributed by atoms with van der Waals surface area (Å²) in [5.41, 5.74) is 0.420. The van der Waals surface area contributed by atoms with Crippen molar-refractivity contribution < 1.29 is 0 Å². The summed E-state index contributed by atoms with van der Waals surface area (Å²) < 4.78 is 0. The highest BCUT2D eigenvalue weighted by molar-refractivity contribution is 4.95. The molecular formula is C12H27N3. The van der Waals surface area contributed by atoms with E-state index >= 15 is 0 Å². The summed E-state index contributed by atoms with van der Waals surface area (Å²) in [6, 6.07) is 0. The van der Waals surface area contributed by atoms with Gasteiger partial charge in [0.05, 0.1) is 0 Å². The Morgan fingerprint density at radius 1 is 1.07 bits per heavy atom. The van der Waals surface area contributed by atoms with Gasteiger partial charge >= 0.3 is 0 Å². The summed E-state index contributed by atoms with van der Waals surface area (Å²) >= 11 is 0. The van der Waals surface area contributed by atoms with Crippen molar-refractivity contribution in [2.75, 3.05) is 39.8 Å². The first-order valence-corrected chi connectivity index (χ1v) is 6.45. The predicted molar refractivity (Wildman–Crippen MR) is 66.3 cm³/mol. The Morgan fingerprint density at radius 2 is 1.87 bits per heavy atom. The molecule has 2 heterocycles. The van der Waals surface area contributed by atoms with Crippen LogP contribution in [-0.4, -0.2) is 50.2 Å². The fraction of sp³-hybridized carbons (Fsp3) is 1.00.